The molecular weight excluding hydrogens is 354 g/mol. The second-order valence-electron chi connectivity index (χ2n) is 8.08. The smallest absolute Gasteiger partial charge is 0.236 e. The summed E-state index contributed by atoms with van der Waals surface area (Å²) in [4.78, 5) is 17.0. The van der Waals surface area contributed by atoms with Crippen molar-refractivity contribution >= 4 is 5.91 Å². The molecule has 1 aromatic carbocycles. The Bertz CT molecular complexity index is 753. The second kappa shape index (κ2) is 9.34. The lowest BCUT2D eigenvalue weighted by molar-refractivity contribution is -0.132. The van der Waals surface area contributed by atoms with Crippen molar-refractivity contribution in [1.82, 2.24) is 15.0 Å². The van der Waals surface area contributed by atoms with Gasteiger partial charge in [0.1, 0.15) is 5.76 Å². The number of hydrogen-bond acceptors (Lipinski definition) is 5. The molecule has 1 aliphatic heterocycles. The Kier molecular flexibility index (Phi) is 6.86. The van der Waals surface area contributed by atoms with Gasteiger partial charge in [-0.1, -0.05) is 49.3 Å². The molecule has 0 aliphatic carbocycles. The van der Waals surface area contributed by atoms with E-state index in [1.165, 1.54) is 5.56 Å². The van der Waals surface area contributed by atoms with Crippen molar-refractivity contribution < 1.29 is 14.1 Å². The average Bonchev–Trinajstić information content (AvgIpc) is 2.89. The lowest BCUT2D eigenvalue weighted by atomic mass is 10.2. The number of benzene rings is 1. The number of amides is 1. The molecule has 1 amide bonds. The van der Waals surface area contributed by atoms with E-state index in [-0.39, 0.29) is 12.0 Å². The van der Waals surface area contributed by atoms with Crippen molar-refractivity contribution in [2.75, 3.05) is 26.2 Å². The third-order valence-electron chi connectivity index (χ3n) is 5.08. The molecule has 1 saturated heterocycles. The summed E-state index contributed by atoms with van der Waals surface area (Å²) in [5.74, 6) is 1.39. The summed E-state index contributed by atoms with van der Waals surface area (Å²) in [5, 5.41) is 4.01. The topological polar surface area (TPSA) is 58.8 Å². The van der Waals surface area contributed by atoms with Gasteiger partial charge in [0.2, 0.25) is 5.91 Å². The summed E-state index contributed by atoms with van der Waals surface area (Å²) in [6, 6.07) is 10.3. The lowest BCUT2D eigenvalue weighted by Gasteiger charge is -2.26. The molecule has 6 nitrogen and oxygen atoms in total. The third-order valence-corrected chi connectivity index (χ3v) is 5.08. The minimum atomic E-state index is -0.0531. The molecule has 0 spiro atoms. The summed E-state index contributed by atoms with van der Waals surface area (Å²) < 4.78 is 11.5. The van der Waals surface area contributed by atoms with Crippen LogP contribution in [0.4, 0.5) is 0 Å². The highest BCUT2D eigenvalue weighted by molar-refractivity contribution is 5.78. The number of carbonyl (C=O) groups excluding carboxylic acids is 1. The summed E-state index contributed by atoms with van der Waals surface area (Å²) in [6.07, 6.45) is -0.0531. The Hall–Kier alpha value is -2.18. The van der Waals surface area contributed by atoms with Gasteiger partial charge in [-0.05, 0) is 25.3 Å². The zero-order valence-electron chi connectivity index (χ0n) is 17.4. The van der Waals surface area contributed by atoms with Gasteiger partial charge in [-0.2, -0.15) is 0 Å². The number of ether oxygens (including phenoxy) is 1. The number of aryl methyl sites for hydroxylation is 2. The third kappa shape index (κ3) is 5.42. The largest absolute Gasteiger partial charge is 0.370 e. The van der Waals surface area contributed by atoms with E-state index in [9.17, 15) is 4.79 Å². The maximum atomic E-state index is 12.8. The molecule has 0 saturated carbocycles. The van der Waals surface area contributed by atoms with Gasteiger partial charge in [-0.3, -0.25) is 9.69 Å². The Labute approximate surface area is 167 Å². The van der Waals surface area contributed by atoms with Gasteiger partial charge < -0.3 is 14.2 Å². The molecule has 1 atom stereocenters. The molecule has 1 aromatic heterocycles. The van der Waals surface area contributed by atoms with E-state index in [0.29, 0.717) is 25.6 Å². The van der Waals surface area contributed by atoms with Gasteiger partial charge in [-0.15, -0.1) is 0 Å². The van der Waals surface area contributed by atoms with Crippen LogP contribution in [0.2, 0.25) is 0 Å². The zero-order chi connectivity index (χ0) is 20.1. The van der Waals surface area contributed by atoms with Gasteiger partial charge in [0.25, 0.3) is 0 Å². The van der Waals surface area contributed by atoms with E-state index in [1.807, 2.05) is 36.9 Å². The molecule has 3 rings (SSSR count). The Morgan fingerprint density at radius 3 is 2.61 bits per heavy atom. The molecule has 6 heteroatoms. The molecule has 0 bridgehead atoms. The summed E-state index contributed by atoms with van der Waals surface area (Å²) in [7, 11) is 0. The minimum absolute atomic E-state index is 0.0531. The van der Waals surface area contributed by atoms with E-state index in [1.54, 1.807) is 0 Å². The highest BCUT2D eigenvalue weighted by Gasteiger charge is 2.29. The first kappa shape index (κ1) is 20.6. The van der Waals surface area contributed by atoms with Crippen molar-refractivity contribution in [3.63, 3.8) is 0 Å². The van der Waals surface area contributed by atoms with E-state index in [0.717, 1.165) is 36.7 Å². The minimum Gasteiger partial charge on any atom is -0.370 e. The highest BCUT2D eigenvalue weighted by atomic mass is 16.5. The van der Waals surface area contributed by atoms with Crippen molar-refractivity contribution in [3.8, 4) is 0 Å². The molecule has 1 unspecified atom stereocenters. The molecule has 0 radical (unpaired) electrons. The van der Waals surface area contributed by atoms with Crippen molar-refractivity contribution in [2.45, 2.75) is 47.0 Å². The van der Waals surface area contributed by atoms with Crippen LogP contribution in [0.5, 0.6) is 0 Å². The zero-order valence-corrected chi connectivity index (χ0v) is 17.4. The van der Waals surface area contributed by atoms with Gasteiger partial charge in [0, 0.05) is 31.7 Å². The van der Waals surface area contributed by atoms with Crippen LogP contribution in [0.15, 0.2) is 34.9 Å². The lowest BCUT2D eigenvalue weighted by Crippen LogP contribution is -2.40. The van der Waals surface area contributed by atoms with Crippen LogP contribution in [-0.4, -0.2) is 53.1 Å². The van der Waals surface area contributed by atoms with Gasteiger partial charge in [0.05, 0.1) is 24.9 Å². The van der Waals surface area contributed by atoms with E-state index < -0.39 is 0 Å². The van der Waals surface area contributed by atoms with Crippen LogP contribution >= 0.6 is 0 Å². The van der Waals surface area contributed by atoms with Crippen molar-refractivity contribution in [2.24, 2.45) is 5.92 Å². The predicted octanol–water partition coefficient (Wildman–Crippen LogP) is 3.18. The van der Waals surface area contributed by atoms with Crippen LogP contribution in [0.25, 0.3) is 0 Å². The fraction of sp³-hybridized carbons (Fsp3) is 0.545. The maximum Gasteiger partial charge on any atom is 0.236 e. The molecule has 152 valence electrons. The Morgan fingerprint density at radius 2 is 1.96 bits per heavy atom. The number of hydrogen-bond donors (Lipinski definition) is 0. The summed E-state index contributed by atoms with van der Waals surface area (Å²) in [5.41, 5.74) is 3.07. The predicted molar refractivity (Wildman–Crippen MR) is 108 cm³/mol. The van der Waals surface area contributed by atoms with E-state index in [4.69, 9.17) is 9.26 Å². The number of rotatable bonds is 7. The number of nitrogens with zero attached hydrogens (tertiary/aromatic N) is 3. The van der Waals surface area contributed by atoms with Crippen LogP contribution in [0, 0.1) is 19.8 Å². The highest BCUT2D eigenvalue weighted by Crippen LogP contribution is 2.18. The SMILES string of the molecule is Cc1noc(C)c1COC1CN(Cc2ccccc2)CC(=O)N(CC(C)C)C1. The fourth-order valence-electron chi connectivity index (χ4n) is 3.64. The average molecular weight is 386 g/mol. The van der Waals surface area contributed by atoms with E-state index >= 15 is 0 Å². The van der Waals surface area contributed by atoms with Crippen molar-refractivity contribution in [1.29, 1.82) is 0 Å². The van der Waals surface area contributed by atoms with Crippen molar-refractivity contribution in [3.05, 3.63) is 52.9 Å². The summed E-state index contributed by atoms with van der Waals surface area (Å²) >= 11 is 0. The van der Waals surface area contributed by atoms with Gasteiger partial charge in [-0.25, -0.2) is 0 Å². The molecule has 28 heavy (non-hydrogen) atoms. The molecule has 0 N–H and O–H groups in total. The quantitative estimate of drug-likeness (QED) is 0.733. The first-order valence-electron chi connectivity index (χ1n) is 9.99. The second-order valence-corrected chi connectivity index (χ2v) is 8.08. The molecular formula is C22H31N3O3. The van der Waals surface area contributed by atoms with E-state index in [2.05, 4.69) is 36.0 Å². The van der Waals surface area contributed by atoms with Crippen LogP contribution in [0.1, 0.15) is 36.4 Å². The standard InChI is InChI=1S/C22H31N3O3/c1-16(2)10-25-13-20(27-15-21-17(3)23-28-18(21)4)12-24(14-22(25)26)11-19-8-6-5-7-9-19/h5-9,16,20H,10-15H2,1-4H3. The molecule has 1 aliphatic rings. The monoisotopic (exact) mass is 385 g/mol. The fourth-order valence-corrected chi connectivity index (χ4v) is 3.64. The first-order chi connectivity index (χ1) is 13.4. The number of carbonyl (C=O) groups is 1. The van der Waals surface area contributed by atoms with Crippen LogP contribution < -0.4 is 0 Å². The molecule has 1 fully saturated rings. The Balaban J connectivity index is 1.72. The molecule has 2 heterocycles. The van der Waals surface area contributed by atoms with Crippen LogP contribution in [-0.2, 0) is 22.7 Å². The Morgan fingerprint density at radius 1 is 1.21 bits per heavy atom. The molecule has 2 aromatic rings. The van der Waals surface area contributed by atoms with Gasteiger partial charge >= 0.3 is 0 Å². The van der Waals surface area contributed by atoms with Gasteiger partial charge in [0.15, 0.2) is 0 Å². The van der Waals surface area contributed by atoms with Crippen LogP contribution in [0.3, 0.4) is 0 Å². The number of aromatic nitrogens is 1. The normalized spacial score (nSPS) is 18.7. The maximum absolute atomic E-state index is 12.8. The first-order valence-corrected chi connectivity index (χ1v) is 9.99. The summed E-state index contributed by atoms with van der Waals surface area (Å²) in [6.45, 7) is 11.8.